The average Bonchev–Trinajstić information content (AvgIpc) is 2.40. The van der Waals surface area contributed by atoms with Crippen molar-refractivity contribution in [1.29, 1.82) is 0 Å². The Hall–Kier alpha value is -0.860. The molecule has 2 heteroatoms. The highest BCUT2D eigenvalue weighted by molar-refractivity contribution is 5.29. The van der Waals surface area contributed by atoms with E-state index in [1.165, 1.54) is 30.4 Å². The van der Waals surface area contributed by atoms with Gasteiger partial charge >= 0.3 is 0 Å². The first-order valence-electron chi connectivity index (χ1n) is 7.09. The summed E-state index contributed by atoms with van der Waals surface area (Å²) in [7, 11) is 2.05. The number of aryl methyl sites for hydroxylation is 1. The number of nitrogens with one attached hydrogen (secondary N) is 1. The molecule has 18 heavy (non-hydrogen) atoms. The van der Waals surface area contributed by atoms with Gasteiger partial charge in [-0.05, 0) is 56.2 Å². The van der Waals surface area contributed by atoms with Gasteiger partial charge in [-0.15, -0.1) is 0 Å². The smallest absolute Gasteiger partial charge is 0.0468 e. The molecule has 0 radical (unpaired) electrons. The molecule has 0 aliphatic carbocycles. The fraction of sp³-hybridized carbons (Fsp3) is 0.625. The molecule has 0 bridgehead atoms. The van der Waals surface area contributed by atoms with Gasteiger partial charge in [0.2, 0.25) is 0 Å². The Morgan fingerprint density at radius 3 is 2.67 bits per heavy atom. The van der Waals surface area contributed by atoms with Crippen molar-refractivity contribution in [3.63, 3.8) is 0 Å². The van der Waals surface area contributed by atoms with Gasteiger partial charge in [0.25, 0.3) is 0 Å². The Labute approximate surface area is 111 Å². The summed E-state index contributed by atoms with van der Waals surface area (Å²) in [4.78, 5) is 0. The normalized spacial score (nSPS) is 18.8. The van der Waals surface area contributed by atoms with Gasteiger partial charge in [-0.25, -0.2) is 0 Å². The van der Waals surface area contributed by atoms with E-state index in [0.29, 0.717) is 5.92 Å². The van der Waals surface area contributed by atoms with Gasteiger partial charge in [0.15, 0.2) is 0 Å². The van der Waals surface area contributed by atoms with Gasteiger partial charge in [0.05, 0.1) is 0 Å². The highest BCUT2D eigenvalue weighted by Crippen LogP contribution is 2.30. The molecule has 1 aromatic rings. The van der Waals surface area contributed by atoms with Crippen molar-refractivity contribution >= 4 is 0 Å². The van der Waals surface area contributed by atoms with Crippen molar-refractivity contribution in [2.24, 2.45) is 5.92 Å². The maximum absolute atomic E-state index is 5.46. The molecule has 0 saturated carbocycles. The first-order valence-corrected chi connectivity index (χ1v) is 7.09. The minimum absolute atomic E-state index is 0.638. The van der Waals surface area contributed by atoms with Gasteiger partial charge < -0.3 is 10.1 Å². The molecule has 1 N–H and O–H groups in total. The Balaban J connectivity index is 2.05. The summed E-state index contributed by atoms with van der Waals surface area (Å²) < 4.78 is 5.46. The summed E-state index contributed by atoms with van der Waals surface area (Å²) in [6, 6.07) is 8.80. The van der Waals surface area contributed by atoms with E-state index >= 15 is 0 Å². The second-order valence-electron chi connectivity index (χ2n) is 5.40. The van der Waals surface area contributed by atoms with Crippen LogP contribution < -0.4 is 5.32 Å². The zero-order valence-electron chi connectivity index (χ0n) is 11.6. The molecule has 2 nitrogen and oxygen atoms in total. The number of hydrogen-bond acceptors (Lipinski definition) is 2. The van der Waals surface area contributed by atoms with E-state index in [4.69, 9.17) is 4.74 Å². The first kappa shape index (κ1) is 13.6. The van der Waals surface area contributed by atoms with Crippen LogP contribution in [0.15, 0.2) is 24.3 Å². The molecule has 1 heterocycles. The van der Waals surface area contributed by atoms with Crippen LogP contribution in [-0.2, 0) is 4.74 Å². The van der Waals surface area contributed by atoms with E-state index in [9.17, 15) is 0 Å². The van der Waals surface area contributed by atoms with E-state index in [2.05, 4.69) is 43.6 Å². The van der Waals surface area contributed by atoms with Gasteiger partial charge in [0, 0.05) is 19.8 Å². The van der Waals surface area contributed by atoms with Crippen molar-refractivity contribution in [2.75, 3.05) is 26.8 Å². The Morgan fingerprint density at radius 2 is 2.00 bits per heavy atom. The molecule has 1 fully saturated rings. The lowest BCUT2D eigenvalue weighted by Crippen LogP contribution is -2.23. The van der Waals surface area contributed by atoms with E-state index in [1.54, 1.807) is 0 Å². The van der Waals surface area contributed by atoms with Gasteiger partial charge in [-0.2, -0.15) is 0 Å². The summed E-state index contributed by atoms with van der Waals surface area (Å²) >= 11 is 0. The molecule has 1 aromatic carbocycles. The largest absolute Gasteiger partial charge is 0.381 e. The van der Waals surface area contributed by atoms with Crippen LogP contribution >= 0.6 is 0 Å². The third-order valence-electron chi connectivity index (χ3n) is 4.04. The lowest BCUT2D eigenvalue weighted by molar-refractivity contribution is 0.0617. The zero-order chi connectivity index (χ0) is 12.8. The number of hydrogen-bond donors (Lipinski definition) is 1. The maximum Gasteiger partial charge on any atom is 0.0468 e. The quantitative estimate of drug-likeness (QED) is 0.863. The molecule has 1 saturated heterocycles. The number of benzene rings is 1. The molecule has 1 aliphatic heterocycles. The van der Waals surface area contributed by atoms with E-state index < -0.39 is 0 Å². The summed E-state index contributed by atoms with van der Waals surface area (Å²) in [5.74, 6) is 1.47. The third-order valence-corrected chi connectivity index (χ3v) is 4.04. The van der Waals surface area contributed by atoms with E-state index in [0.717, 1.165) is 25.7 Å². The lowest BCUT2D eigenvalue weighted by atomic mass is 9.83. The van der Waals surface area contributed by atoms with Crippen LogP contribution in [0.5, 0.6) is 0 Å². The van der Waals surface area contributed by atoms with Crippen LogP contribution in [0.1, 0.15) is 36.3 Å². The number of ether oxygens (including phenoxy) is 1. The fourth-order valence-corrected chi connectivity index (χ4v) is 3.00. The molecule has 2 rings (SSSR count). The lowest BCUT2D eigenvalue weighted by Gasteiger charge is -2.27. The van der Waals surface area contributed by atoms with Crippen molar-refractivity contribution in [2.45, 2.75) is 32.1 Å². The molecule has 1 unspecified atom stereocenters. The second-order valence-corrected chi connectivity index (χ2v) is 5.40. The van der Waals surface area contributed by atoms with Crippen molar-refractivity contribution < 1.29 is 4.74 Å². The second kappa shape index (κ2) is 6.91. The van der Waals surface area contributed by atoms with Crippen LogP contribution in [0.2, 0.25) is 0 Å². The Morgan fingerprint density at radius 1 is 1.28 bits per heavy atom. The third kappa shape index (κ3) is 3.56. The van der Waals surface area contributed by atoms with Crippen molar-refractivity contribution in [3.05, 3.63) is 35.4 Å². The predicted molar refractivity (Wildman–Crippen MR) is 76.0 cm³/mol. The van der Waals surface area contributed by atoms with Gasteiger partial charge in [-0.3, -0.25) is 0 Å². The summed E-state index contributed by atoms with van der Waals surface area (Å²) in [6.07, 6.45) is 3.74. The molecule has 0 amide bonds. The minimum Gasteiger partial charge on any atom is -0.381 e. The average molecular weight is 247 g/mol. The molecular weight excluding hydrogens is 222 g/mol. The number of rotatable bonds is 5. The standard InChI is InChI=1S/C16H25NO/c1-13-5-3-4-6-16(13)15(12-17-2)11-14-7-9-18-10-8-14/h3-6,14-15,17H,7-12H2,1-2H3. The molecule has 1 aliphatic rings. The van der Waals surface area contributed by atoms with E-state index in [-0.39, 0.29) is 0 Å². The zero-order valence-corrected chi connectivity index (χ0v) is 11.6. The topological polar surface area (TPSA) is 21.3 Å². The fourth-order valence-electron chi connectivity index (χ4n) is 3.00. The van der Waals surface area contributed by atoms with Gasteiger partial charge in [0.1, 0.15) is 0 Å². The minimum atomic E-state index is 0.638. The molecule has 0 aromatic heterocycles. The SMILES string of the molecule is CNCC(CC1CCOCC1)c1ccccc1C. The molecule has 100 valence electrons. The van der Waals surface area contributed by atoms with Crippen LogP contribution in [0.3, 0.4) is 0 Å². The van der Waals surface area contributed by atoms with Crippen molar-refractivity contribution in [1.82, 2.24) is 5.32 Å². The van der Waals surface area contributed by atoms with Crippen LogP contribution in [-0.4, -0.2) is 26.8 Å². The molecule has 1 atom stereocenters. The summed E-state index contributed by atoms with van der Waals surface area (Å²) in [5.41, 5.74) is 2.93. The highest BCUT2D eigenvalue weighted by atomic mass is 16.5. The van der Waals surface area contributed by atoms with Crippen LogP contribution in [0, 0.1) is 12.8 Å². The highest BCUT2D eigenvalue weighted by Gasteiger charge is 2.20. The van der Waals surface area contributed by atoms with Gasteiger partial charge in [-0.1, -0.05) is 24.3 Å². The monoisotopic (exact) mass is 247 g/mol. The molecule has 0 spiro atoms. The maximum atomic E-state index is 5.46. The van der Waals surface area contributed by atoms with Crippen molar-refractivity contribution in [3.8, 4) is 0 Å². The first-order chi connectivity index (χ1) is 8.81. The summed E-state index contributed by atoms with van der Waals surface area (Å²) in [5, 5.41) is 3.35. The summed E-state index contributed by atoms with van der Waals surface area (Å²) in [6.45, 7) is 5.19. The predicted octanol–water partition coefficient (Wildman–Crippen LogP) is 3.11. The Bertz CT molecular complexity index is 358. The van der Waals surface area contributed by atoms with E-state index in [1.807, 2.05) is 0 Å². The molecular formula is C16H25NO. The Kier molecular flexibility index (Phi) is 5.21. The van der Waals surface area contributed by atoms with Crippen LogP contribution in [0.4, 0.5) is 0 Å². The number of likely N-dealkylation sites (N-methyl/N-ethyl adjacent to an activating group) is 1. The van der Waals surface area contributed by atoms with Crippen LogP contribution in [0.25, 0.3) is 0 Å².